The number of hydrogen-bond acceptors (Lipinski definition) is 3. The Morgan fingerprint density at radius 1 is 1.44 bits per heavy atom. The maximum Gasteiger partial charge on any atom is 0.471 e. The van der Waals surface area contributed by atoms with Gasteiger partial charge in [-0.25, -0.2) is 4.68 Å². The maximum atomic E-state index is 12.1. The van der Waals surface area contributed by atoms with Crippen molar-refractivity contribution in [3.8, 4) is 0 Å². The van der Waals surface area contributed by atoms with Crippen LogP contribution < -0.4 is 5.56 Å². The molecule has 0 atom stereocenters. The van der Waals surface area contributed by atoms with Gasteiger partial charge in [-0.2, -0.15) is 18.3 Å². The molecular weight excluding hydrogens is 251 g/mol. The minimum Gasteiger partial charge on any atom is -0.334 e. The minimum atomic E-state index is -4.83. The van der Waals surface area contributed by atoms with E-state index in [0.717, 1.165) is 4.90 Å². The summed E-state index contributed by atoms with van der Waals surface area (Å²) in [5.41, 5.74) is -0.307. The van der Waals surface area contributed by atoms with Crippen LogP contribution in [-0.4, -0.2) is 39.9 Å². The quantitative estimate of drug-likeness (QED) is 0.767. The Balaban J connectivity index is 1.90. The summed E-state index contributed by atoms with van der Waals surface area (Å²) in [7, 11) is 0. The lowest BCUT2D eigenvalue weighted by Gasteiger charge is -2.39. The number of nitrogens with zero attached hydrogens (tertiary/aromatic N) is 3. The second-order valence-electron chi connectivity index (χ2n) is 4.12. The Morgan fingerprint density at radius 2 is 2.11 bits per heavy atom. The van der Waals surface area contributed by atoms with Gasteiger partial charge in [0.1, 0.15) is 0 Å². The molecule has 18 heavy (non-hydrogen) atoms. The number of halogens is 3. The molecular formula is C10H10F3N3O2. The molecule has 0 unspecified atom stereocenters. The Bertz CT molecular complexity index is 506. The van der Waals surface area contributed by atoms with Crippen molar-refractivity contribution in [3.05, 3.63) is 28.7 Å². The molecule has 5 nitrogen and oxygen atoms in total. The van der Waals surface area contributed by atoms with E-state index >= 15 is 0 Å². The van der Waals surface area contributed by atoms with Crippen LogP contribution in [0.3, 0.4) is 0 Å². The van der Waals surface area contributed by atoms with Crippen LogP contribution in [0.1, 0.15) is 0 Å². The number of aromatic nitrogens is 2. The Hall–Kier alpha value is -1.86. The van der Waals surface area contributed by atoms with Crippen LogP contribution in [0.4, 0.5) is 13.2 Å². The van der Waals surface area contributed by atoms with E-state index in [1.807, 2.05) is 0 Å². The minimum absolute atomic E-state index is 0.00135. The normalized spacial score (nSPS) is 16.5. The summed E-state index contributed by atoms with van der Waals surface area (Å²) in [6, 6.07) is 2.81. The molecule has 1 amide bonds. The summed E-state index contributed by atoms with van der Waals surface area (Å²) in [4.78, 5) is 22.9. The number of alkyl halides is 3. The van der Waals surface area contributed by atoms with Crippen LogP contribution in [0.15, 0.2) is 23.1 Å². The van der Waals surface area contributed by atoms with Crippen LogP contribution >= 0.6 is 0 Å². The van der Waals surface area contributed by atoms with E-state index in [1.54, 1.807) is 0 Å². The van der Waals surface area contributed by atoms with Crippen LogP contribution in [-0.2, 0) is 11.3 Å². The van der Waals surface area contributed by atoms with Gasteiger partial charge in [-0.05, 0) is 6.07 Å². The molecule has 2 rings (SSSR count). The van der Waals surface area contributed by atoms with Crippen molar-refractivity contribution in [2.24, 2.45) is 5.92 Å². The van der Waals surface area contributed by atoms with Crippen molar-refractivity contribution in [3.63, 3.8) is 0 Å². The van der Waals surface area contributed by atoms with Crippen molar-refractivity contribution in [1.29, 1.82) is 0 Å². The van der Waals surface area contributed by atoms with E-state index in [0.29, 0.717) is 0 Å². The standard InChI is InChI=1S/C10H10F3N3O2/c11-10(12,13)9(18)15-4-7(5-15)6-16-8(17)2-1-3-14-16/h1-3,7H,4-6H2. The van der Waals surface area contributed by atoms with E-state index in [2.05, 4.69) is 5.10 Å². The smallest absolute Gasteiger partial charge is 0.334 e. The zero-order chi connectivity index (χ0) is 13.3. The van der Waals surface area contributed by atoms with Gasteiger partial charge < -0.3 is 4.90 Å². The summed E-state index contributed by atoms with van der Waals surface area (Å²) in [5, 5.41) is 3.80. The molecule has 0 radical (unpaired) electrons. The molecule has 8 heteroatoms. The number of amides is 1. The average Bonchev–Trinajstić information content (AvgIpc) is 2.23. The molecule has 1 aromatic heterocycles. The SMILES string of the molecule is O=C(N1CC(Cn2ncccc2=O)C1)C(F)(F)F. The van der Waals surface area contributed by atoms with Gasteiger partial charge in [0.2, 0.25) is 0 Å². The predicted molar refractivity (Wildman–Crippen MR) is 54.6 cm³/mol. The number of rotatable bonds is 2. The van der Waals surface area contributed by atoms with Gasteiger partial charge >= 0.3 is 12.1 Å². The van der Waals surface area contributed by atoms with Gasteiger partial charge in [0, 0.05) is 31.3 Å². The summed E-state index contributed by atoms with van der Waals surface area (Å²) in [5.74, 6) is -1.99. The highest BCUT2D eigenvalue weighted by Crippen LogP contribution is 2.25. The molecule has 0 saturated carbocycles. The van der Waals surface area contributed by atoms with E-state index in [1.165, 1.54) is 23.0 Å². The van der Waals surface area contributed by atoms with Crippen molar-refractivity contribution in [1.82, 2.24) is 14.7 Å². The molecule has 0 aromatic carbocycles. The molecule has 98 valence electrons. The topological polar surface area (TPSA) is 55.2 Å². The summed E-state index contributed by atoms with van der Waals surface area (Å²) < 4.78 is 37.4. The van der Waals surface area contributed by atoms with E-state index in [-0.39, 0.29) is 31.1 Å². The average molecular weight is 261 g/mol. The third kappa shape index (κ3) is 2.52. The Labute approximate surface area is 99.8 Å². The molecule has 2 heterocycles. The first kappa shape index (κ1) is 12.6. The largest absolute Gasteiger partial charge is 0.471 e. The summed E-state index contributed by atoms with van der Waals surface area (Å²) in [6.45, 7) is 0.226. The fourth-order valence-electron chi connectivity index (χ4n) is 1.80. The Morgan fingerprint density at radius 3 is 2.67 bits per heavy atom. The molecule has 1 aliphatic rings. The fourth-order valence-corrected chi connectivity index (χ4v) is 1.80. The van der Waals surface area contributed by atoms with Crippen LogP contribution in [0.25, 0.3) is 0 Å². The molecule has 1 saturated heterocycles. The van der Waals surface area contributed by atoms with Gasteiger partial charge in [-0.3, -0.25) is 9.59 Å². The molecule has 1 aromatic rings. The van der Waals surface area contributed by atoms with Gasteiger partial charge in [-0.1, -0.05) is 0 Å². The van der Waals surface area contributed by atoms with E-state index in [4.69, 9.17) is 0 Å². The van der Waals surface area contributed by atoms with Crippen molar-refractivity contribution >= 4 is 5.91 Å². The predicted octanol–water partition coefficient (Wildman–Crippen LogP) is 0.264. The zero-order valence-electron chi connectivity index (χ0n) is 9.22. The highest BCUT2D eigenvalue weighted by molar-refractivity contribution is 5.82. The number of likely N-dealkylation sites (tertiary alicyclic amines) is 1. The van der Waals surface area contributed by atoms with Gasteiger partial charge in [-0.15, -0.1) is 0 Å². The Kier molecular flexibility index (Phi) is 3.10. The third-order valence-corrected chi connectivity index (χ3v) is 2.70. The van der Waals surface area contributed by atoms with Gasteiger partial charge in [0.15, 0.2) is 0 Å². The van der Waals surface area contributed by atoms with E-state index in [9.17, 15) is 22.8 Å². The number of carbonyl (C=O) groups excluding carboxylic acids is 1. The zero-order valence-corrected chi connectivity index (χ0v) is 9.22. The first-order chi connectivity index (χ1) is 8.38. The van der Waals surface area contributed by atoms with Crippen LogP contribution in [0, 0.1) is 5.92 Å². The monoisotopic (exact) mass is 261 g/mol. The van der Waals surface area contributed by atoms with Crippen molar-refractivity contribution in [2.75, 3.05) is 13.1 Å². The molecule has 0 aliphatic carbocycles. The summed E-state index contributed by atoms with van der Waals surface area (Å²) in [6.07, 6.45) is -3.40. The lowest BCUT2D eigenvalue weighted by Crippen LogP contribution is -2.55. The second-order valence-corrected chi connectivity index (χ2v) is 4.12. The van der Waals surface area contributed by atoms with Gasteiger partial charge in [0.05, 0.1) is 6.54 Å². The summed E-state index contributed by atoms with van der Waals surface area (Å²) >= 11 is 0. The molecule has 0 bridgehead atoms. The lowest BCUT2D eigenvalue weighted by molar-refractivity contribution is -0.191. The maximum absolute atomic E-state index is 12.1. The highest BCUT2D eigenvalue weighted by Gasteiger charge is 2.46. The number of hydrogen-bond donors (Lipinski definition) is 0. The van der Waals surface area contributed by atoms with Crippen molar-refractivity contribution in [2.45, 2.75) is 12.7 Å². The van der Waals surface area contributed by atoms with Crippen LogP contribution in [0.2, 0.25) is 0 Å². The first-order valence-corrected chi connectivity index (χ1v) is 5.26. The van der Waals surface area contributed by atoms with Gasteiger partial charge in [0.25, 0.3) is 5.56 Å². The van der Waals surface area contributed by atoms with Crippen LogP contribution in [0.5, 0.6) is 0 Å². The third-order valence-electron chi connectivity index (χ3n) is 2.70. The lowest BCUT2D eigenvalue weighted by atomic mass is 10.00. The van der Waals surface area contributed by atoms with Crippen molar-refractivity contribution < 1.29 is 18.0 Å². The number of carbonyl (C=O) groups is 1. The molecule has 0 N–H and O–H groups in total. The second kappa shape index (κ2) is 4.43. The molecule has 1 aliphatic heterocycles. The highest BCUT2D eigenvalue weighted by atomic mass is 19.4. The fraction of sp³-hybridized carbons (Fsp3) is 0.500. The first-order valence-electron chi connectivity index (χ1n) is 5.26. The molecule has 1 fully saturated rings. The van der Waals surface area contributed by atoms with E-state index < -0.39 is 12.1 Å². The molecule has 0 spiro atoms.